The lowest BCUT2D eigenvalue weighted by Crippen LogP contribution is -2.53. The summed E-state index contributed by atoms with van der Waals surface area (Å²) in [6.07, 6.45) is 5.37. The Morgan fingerprint density at radius 2 is 1.49 bits per heavy atom. The molecule has 14 heteroatoms. The first kappa shape index (κ1) is 34.9. The monoisotopic (exact) mass is 712 g/mol. The number of piperidine rings is 2. The Hall–Kier alpha value is -4.50. The van der Waals surface area contributed by atoms with Gasteiger partial charge >= 0.3 is 0 Å². The van der Waals surface area contributed by atoms with Crippen LogP contribution in [-0.2, 0) is 16.6 Å². The van der Waals surface area contributed by atoms with Gasteiger partial charge in [-0.2, -0.15) is 15.0 Å². The quantitative estimate of drug-likeness (QED) is 0.187. The van der Waals surface area contributed by atoms with E-state index in [9.17, 15) is 13.5 Å². The molecule has 0 bridgehead atoms. The van der Waals surface area contributed by atoms with Crippen LogP contribution in [-0.4, -0.2) is 90.8 Å². The van der Waals surface area contributed by atoms with E-state index in [1.807, 2.05) is 42.2 Å². The van der Waals surface area contributed by atoms with Gasteiger partial charge in [-0.25, -0.2) is 8.42 Å². The van der Waals surface area contributed by atoms with Crippen LogP contribution in [0.2, 0.25) is 0 Å². The summed E-state index contributed by atoms with van der Waals surface area (Å²) in [6, 6.07) is 21.2. The number of nitrogens with zero attached hydrogens (tertiary/aromatic N) is 7. The topological polar surface area (TPSA) is 170 Å². The van der Waals surface area contributed by atoms with Crippen LogP contribution in [0.3, 0.4) is 0 Å². The first-order valence-electron chi connectivity index (χ1n) is 17.9. The molecule has 3 aliphatic heterocycles. The van der Waals surface area contributed by atoms with E-state index in [0.717, 1.165) is 43.5 Å². The maximum Gasteiger partial charge on any atom is 0.264 e. The molecule has 270 valence electrons. The molecular formula is C37H48N10O3S. The third-order valence-corrected chi connectivity index (χ3v) is 11.9. The molecule has 3 fully saturated rings. The number of nitrogens with two attached hydrogens (primary N) is 2. The molecule has 7 rings (SSSR count). The predicted octanol–water partition coefficient (Wildman–Crippen LogP) is 3.95. The second-order valence-electron chi connectivity index (χ2n) is 14.0. The predicted molar refractivity (Wildman–Crippen MR) is 201 cm³/mol. The molecule has 13 nitrogen and oxygen atoms in total. The van der Waals surface area contributed by atoms with Gasteiger partial charge in [0.15, 0.2) is 0 Å². The lowest BCUT2D eigenvalue weighted by molar-refractivity contribution is 0.207. The summed E-state index contributed by atoms with van der Waals surface area (Å²) in [4.78, 5) is 21.5. The van der Waals surface area contributed by atoms with Crippen LogP contribution in [0.1, 0.15) is 43.2 Å². The highest BCUT2D eigenvalue weighted by atomic mass is 32.2. The molecule has 0 amide bonds. The Morgan fingerprint density at radius 1 is 0.843 bits per heavy atom. The minimum atomic E-state index is -4.03. The highest BCUT2D eigenvalue weighted by Crippen LogP contribution is 2.36. The van der Waals surface area contributed by atoms with Gasteiger partial charge in [0, 0.05) is 56.1 Å². The summed E-state index contributed by atoms with van der Waals surface area (Å²) in [5, 5.41) is 14.7. The van der Waals surface area contributed by atoms with Crippen molar-refractivity contribution >= 4 is 39.2 Å². The molecule has 3 aromatic carbocycles. The molecular weight excluding hydrogens is 665 g/mol. The summed E-state index contributed by atoms with van der Waals surface area (Å²) < 4.78 is 29.3. The molecule has 51 heavy (non-hydrogen) atoms. The van der Waals surface area contributed by atoms with Gasteiger partial charge in [-0.1, -0.05) is 48.0 Å². The van der Waals surface area contributed by atoms with Gasteiger partial charge in [0.25, 0.3) is 10.0 Å². The van der Waals surface area contributed by atoms with Crippen molar-refractivity contribution in [3.05, 3.63) is 83.9 Å². The molecule has 3 aliphatic rings. The zero-order valence-corrected chi connectivity index (χ0v) is 29.9. The van der Waals surface area contributed by atoms with E-state index in [0.29, 0.717) is 42.7 Å². The summed E-state index contributed by atoms with van der Waals surface area (Å²) in [5.41, 5.74) is 15.1. The van der Waals surface area contributed by atoms with Crippen LogP contribution >= 0.6 is 0 Å². The number of sulfonamides is 1. The zero-order chi connectivity index (χ0) is 35.5. The van der Waals surface area contributed by atoms with Crippen LogP contribution in [0.25, 0.3) is 0 Å². The molecule has 0 saturated carbocycles. The molecule has 0 aliphatic carbocycles. The molecule has 1 aromatic heterocycles. The molecule has 4 aromatic rings. The Labute approximate surface area is 300 Å². The molecule has 0 unspecified atom stereocenters. The summed E-state index contributed by atoms with van der Waals surface area (Å²) >= 11 is 0. The number of anilines is 5. The Bertz CT molecular complexity index is 1890. The third-order valence-electron chi connectivity index (χ3n) is 10.1. The first-order chi connectivity index (χ1) is 24.6. The summed E-state index contributed by atoms with van der Waals surface area (Å²) in [7, 11) is -4.03. The van der Waals surface area contributed by atoms with E-state index < -0.39 is 10.0 Å². The van der Waals surface area contributed by atoms with Crippen molar-refractivity contribution in [1.82, 2.24) is 19.9 Å². The number of aromatic nitrogens is 3. The second kappa shape index (κ2) is 15.0. The number of hydrogen-bond donors (Lipinski definition) is 4. The molecule has 4 heterocycles. The number of aromatic hydroxyl groups is 1. The van der Waals surface area contributed by atoms with Crippen LogP contribution in [0, 0.1) is 6.92 Å². The highest BCUT2D eigenvalue weighted by Gasteiger charge is 2.31. The lowest BCUT2D eigenvalue weighted by atomic mass is 10.0. The van der Waals surface area contributed by atoms with Crippen LogP contribution in [0.4, 0.5) is 29.2 Å². The fourth-order valence-electron chi connectivity index (χ4n) is 7.40. The van der Waals surface area contributed by atoms with E-state index in [-0.39, 0.29) is 35.0 Å². The minimum absolute atomic E-state index is 0.0339. The number of phenols is 1. The molecule has 0 spiro atoms. The van der Waals surface area contributed by atoms with Crippen molar-refractivity contribution in [3.8, 4) is 5.75 Å². The summed E-state index contributed by atoms with van der Waals surface area (Å²) in [6.45, 7) is 7.13. The van der Waals surface area contributed by atoms with E-state index >= 15 is 0 Å². The molecule has 6 N–H and O–H groups in total. The first-order valence-corrected chi connectivity index (χ1v) is 19.3. The van der Waals surface area contributed by atoms with Crippen molar-refractivity contribution in [2.24, 2.45) is 11.5 Å². The van der Waals surface area contributed by atoms with Gasteiger partial charge in [-0.15, -0.1) is 0 Å². The summed E-state index contributed by atoms with van der Waals surface area (Å²) in [5.74, 6) is 1.17. The third kappa shape index (κ3) is 8.04. The Morgan fingerprint density at radius 3 is 2.14 bits per heavy atom. The van der Waals surface area contributed by atoms with Crippen LogP contribution < -0.4 is 30.9 Å². The van der Waals surface area contributed by atoms with Crippen molar-refractivity contribution < 1.29 is 13.5 Å². The number of hydrogen-bond acceptors (Lipinski definition) is 12. The maximum absolute atomic E-state index is 14.0. The largest absolute Gasteiger partial charge is 0.506 e. The van der Waals surface area contributed by atoms with Gasteiger partial charge < -0.3 is 36.6 Å². The van der Waals surface area contributed by atoms with Crippen LogP contribution in [0.15, 0.2) is 77.7 Å². The molecule has 2 atom stereocenters. The van der Waals surface area contributed by atoms with Crippen LogP contribution in [0.5, 0.6) is 5.75 Å². The number of aryl methyl sites for hydroxylation is 1. The van der Waals surface area contributed by atoms with Gasteiger partial charge in [0.1, 0.15) is 5.75 Å². The molecule has 0 radical (unpaired) electrons. The number of likely N-dealkylation sites (tertiary alicyclic amines) is 1. The standard InChI is InChI=1S/C37H48N10O3S/c1-26-9-12-32(13-10-26)51(49,50)47(23-27-7-3-2-4-8-27)33-14-11-30(22-34(33)48)40-35-41-36(43-37(42-35)46-24-28(38)21-29(39)25-46)45-19-15-31(16-20-45)44-17-5-6-18-44/h2-4,7-14,22,28-29,31,48H,5-6,15-21,23-25,38-39H2,1H3,(H,40,41,42,43)/t28-,29+. The van der Waals surface area contributed by atoms with Crippen molar-refractivity contribution in [2.75, 3.05) is 58.7 Å². The van der Waals surface area contributed by atoms with Crippen molar-refractivity contribution in [1.29, 1.82) is 0 Å². The van der Waals surface area contributed by atoms with E-state index in [1.165, 1.54) is 36.3 Å². The van der Waals surface area contributed by atoms with E-state index in [1.54, 1.807) is 36.4 Å². The van der Waals surface area contributed by atoms with Crippen molar-refractivity contribution in [3.63, 3.8) is 0 Å². The smallest absolute Gasteiger partial charge is 0.264 e. The van der Waals surface area contributed by atoms with Gasteiger partial charge in [0.2, 0.25) is 17.8 Å². The van der Waals surface area contributed by atoms with Crippen molar-refractivity contribution in [2.45, 2.75) is 68.6 Å². The number of benzene rings is 3. The van der Waals surface area contributed by atoms with Gasteiger partial charge in [0.05, 0.1) is 17.1 Å². The van der Waals surface area contributed by atoms with Gasteiger partial charge in [-0.3, -0.25) is 4.31 Å². The fourth-order valence-corrected chi connectivity index (χ4v) is 8.87. The maximum atomic E-state index is 14.0. The van der Waals surface area contributed by atoms with E-state index in [2.05, 4.69) is 15.1 Å². The minimum Gasteiger partial charge on any atom is -0.506 e. The highest BCUT2D eigenvalue weighted by molar-refractivity contribution is 7.92. The SMILES string of the molecule is Cc1ccc(S(=O)(=O)N(Cc2ccccc2)c2ccc(Nc3nc(N4CCC(N5CCCC5)CC4)nc(N4C[C@H](N)C[C@H](N)C4)n3)cc2O)cc1. The number of nitrogens with one attached hydrogen (secondary N) is 1. The number of rotatable bonds is 10. The second-order valence-corrected chi connectivity index (χ2v) is 15.9. The normalized spacial score (nSPS) is 20.5. The fraction of sp³-hybridized carbons (Fsp3) is 0.432. The average molecular weight is 713 g/mol. The van der Waals surface area contributed by atoms with E-state index in [4.69, 9.17) is 26.4 Å². The Kier molecular flexibility index (Phi) is 10.3. The zero-order valence-electron chi connectivity index (χ0n) is 29.1. The Balaban J connectivity index is 1.18. The lowest BCUT2D eigenvalue weighted by Gasteiger charge is -2.37. The average Bonchev–Trinajstić information content (AvgIpc) is 3.67. The van der Waals surface area contributed by atoms with Gasteiger partial charge in [-0.05, 0) is 81.9 Å². The molecule has 3 saturated heterocycles. The number of phenolic OH excluding ortho intramolecular Hbond substituents is 1.